The largest absolute Gasteiger partial charge is 0.449 e. The number of nitrogens with one attached hydrogen (secondary N) is 2. The smallest absolute Gasteiger partial charge is 0.339 e. The number of esters is 1. The maximum absolute atomic E-state index is 12.3. The van der Waals surface area contributed by atoms with Crippen molar-refractivity contribution >= 4 is 46.7 Å². The van der Waals surface area contributed by atoms with Crippen LogP contribution in [0.25, 0.3) is 0 Å². The third-order valence-electron chi connectivity index (χ3n) is 3.99. The fourth-order valence-electron chi connectivity index (χ4n) is 2.29. The van der Waals surface area contributed by atoms with Crippen molar-refractivity contribution in [1.82, 2.24) is 15.6 Å². The highest BCUT2D eigenvalue weighted by Crippen LogP contribution is 2.36. The van der Waals surface area contributed by atoms with Gasteiger partial charge in [0.1, 0.15) is 0 Å². The van der Waals surface area contributed by atoms with Crippen LogP contribution in [-0.2, 0) is 9.53 Å². The summed E-state index contributed by atoms with van der Waals surface area (Å²) < 4.78 is 5.68. The maximum atomic E-state index is 12.3. The summed E-state index contributed by atoms with van der Waals surface area (Å²) in [6, 6.07) is 3.32. The second-order valence-electron chi connectivity index (χ2n) is 6.58. The lowest BCUT2D eigenvalue weighted by Crippen LogP contribution is -2.45. The Morgan fingerprint density at radius 3 is 2.70 bits per heavy atom. The van der Waals surface area contributed by atoms with Crippen molar-refractivity contribution in [2.45, 2.75) is 48.1 Å². The zero-order chi connectivity index (χ0) is 21.8. The predicted octanol–water partition coefficient (Wildman–Crippen LogP) is 3.04. The second-order valence-corrected chi connectivity index (χ2v) is 8.73. The van der Waals surface area contributed by atoms with Gasteiger partial charge in [0, 0.05) is 23.2 Å². The van der Waals surface area contributed by atoms with Gasteiger partial charge in [0.25, 0.3) is 11.6 Å². The number of rotatable bonds is 7. The van der Waals surface area contributed by atoms with E-state index in [-0.39, 0.29) is 17.3 Å². The van der Waals surface area contributed by atoms with Crippen LogP contribution in [0.2, 0.25) is 0 Å². The molecule has 1 heterocycles. The first-order valence-corrected chi connectivity index (χ1v) is 10.6. The summed E-state index contributed by atoms with van der Waals surface area (Å²) in [4.78, 5) is 51.4. The highest BCUT2D eigenvalue weighted by molar-refractivity contribution is 8.01. The molecule has 1 atom stereocenters. The molecular formula is C18H18N4O6S2. The van der Waals surface area contributed by atoms with E-state index in [1.165, 1.54) is 30.4 Å². The van der Waals surface area contributed by atoms with E-state index in [2.05, 4.69) is 15.6 Å². The number of aryl methyl sites for hydroxylation is 1. The molecule has 158 valence electrons. The number of nitro benzene ring substituents is 1. The zero-order valence-corrected chi connectivity index (χ0v) is 17.7. The minimum absolute atomic E-state index is 0.0703. The maximum Gasteiger partial charge on any atom is 0.339 e. The Morgan fingerprint density at radius 1 is 1.37 bits per heavy atom. The molecule has 1 aromatic heterocycles. The number of hydrogen-bond acceptors (Lipinski definition) is 9. The van der Waals surface area contributed by atoms with Gasteiger partial charge in [-0.15, -0.1) is 11.3 Å². The minimum atomic E-state index is -1.26. The minimum Gasteiger partial charge on any atom is -0.449 e. The van der Waals surface area contributed by atoms with Gasteiger partial charge in [-0.25, -0.2) is 14.6 Å². The molecule has 0 bridgehead atoms. The van der Waals surface area contributed by atoms with E-state index in [0.717, 1.165) is 36.4 Å². The zero-order valence-electron chi connectivity index (χ0n) is 16.0. The molecule has 30 heavy (non-hydrogen) atoms. The molecular weight excluding hydrogens is 432 g/mol. The number of aromatic nitrogens is 1. The van der Waals surface area contributed by atoms with Gasteiger partial charge in [0.05, 0.1) is 15.4 Å². The van der Waals surface area contributed by atoms with Gasteiger partial charge in [-0.3, -0.25) is 20.2 Å². The van der Waals surface area contributed by atoms with Crippen LogP contribution in [-0.4, -0.2) is 40.0 Å². The topological polar surface area (TPSA) is 141 Å². The molecule has 1 saturated carbocycles. The fourth-order valence-corrected chi connectivity index (χ4v) is 4.17. The van der Waals surface area contributed by atoms with Crippen molar-refractivity contribution in [3.63, 3.8) is 0 Å². The molecule has 3 rings (SSSR count). The van der Waals surface area contributed by atoms with Crippen LogP contribution < -0.4 is 10.6 Å². The fraction of sp³-hybridized carbons (Fsp3) is 0.333. The lowest BCUT2D eigenvalue weighted by atomic mass is 10.2. The monoisotopic (exact) mass is 450 g/mol. The summed E-state index contributed by atoms with van der Waals surface area (Å²) in [6.45, 7) is 3.13. The number of carbonyl (C=O) groups is 3. The molecule has 1 fully saturated rings. The SMILES string of the molecule is Cc1csc(Sc2ccc(C(=O)OC(C)C(=O)NC(=O)NC3CC3)cc2[N+](=O)[O-])n1. The highest BCUT2D eigenvalue weighted by atomic mass is 32.2. The number of ether oxygens (including phenoxy) is 1. The standard InChI is InChI=1S/C18H18N4O6S2/c1-9-8-29-18(19-9)30-14-6-3-11(7-13(14)22(26)27)16(24)28-10(2)15(23)21-17(25)20-12-4-5-12/h3,6-8,10,12H,4-5H2,1-2H3,(H2,20,21,23,25). The number of amides is 3. The Bertz CT molecular complexity index is 1000. The van der Waals surface area contributed by atoms with E-state index in [4.69, 9.17) is 4.74 Å². The van der Waals surface area contributed by atoms with Crippen molar-refractivity contribution in [2.75, 3.05) is 0 Å². The van der Waals surface area contributed by atoms with Gasteiger partial charge in [-0.2, -0.15) is 0 Å². The number of benzene rings is 1. The van der Waals surface area contributed by atoms with E-state index in [1.54, 1.807) is 0 Å². The van der Waals surface area contributed by atoms with Crippen LogP contribution in [0.4, 0.5) is 10.5 Å². The molecule has 3 amide bonds. The Labute approximate surface area is 179 Å². The Balaban J connectivity index is 1.65. The number of urea groups is 1. The van der Waals surface area contributed by atoms with Gasteiger partial charge in [0.15, 0.2) is 10.4 Å². The van der Waals surface area contributed by atoms with Gasteiger partial charge in [0.2, 0.25) is 0 Å². The average molecular weight is 450 g/mol. The van der Waals surface area contributed by atoms with Crippen LogP contribution in [0.3, 0.4) is 0 Å². The lowest BCUT2D eigenvalue weighted by Gasteiger charge is -2.13. The molecule has 0 saturated heterocycles. The number of carbonyl (C=O) groups excluding carboxylic acids is 3. The third-order valence-corrected chi connectivity index (χ3v) is 6.11. The van der Waals surface area contributed by atoms with Gasteiger partial charge < -0.3 is 10.1 Å². The lowest BCUT2D eigenvalue weighted by molar-refractivity contribution is -0.387. The summed E-state index contributed by atoms with van der Waals surface area (Å²) in [5, 5.41) is 18.0. The molecule has 0 spiro atoms. The van der Waals surface area contributed by atoms with Crippen LogP contribution in [0.15, 0.2) is 32.8 Å². The van der Waals surface area contributed by atoms with Crippen molar-refractivity contribution in [1.29, 1.82) is 0 Å². The summed E-state index contributed by atoms with van der Waals surface area (Å²) >= 11 is 2.48. The molecule has 0 radical (unpaired) electrons. The first kappa shape index (κ1) is 21.7. The molecule has 2 N–H and O–H groups in total. The summed E-state index contributed by atoms with van der Waals surface area (Å²) in [5.74, 6) is -1.70. The van der Waals surface area contributed by atoms with Gasteiger partial charge in [-0.1, -0.05) is 11.8 Å². The van der Waals surface area contributed by atoms with Crippen molar-refractivity contribution in [3.05, 3.63) is 45.0 Å². The normalized spacial score (nSPS) is 13.9. The van der Waals surface area contributed by atoms with Crippen LogP contribution in [0.1, 0.15) is 35.8 Å². The Kier molecular flexibility index (Phi) is 6.67. The molecule has 1 aromatic carbocycles. The van der Waals surface area contributed by atoms with Crippen molar-refractivity contribution in [3.8, 4) is 0 Å². The quantitative estimate of drug-likeness (QED) is 0.373. The van der Waals surface area contributed by atoms with Gasteiger partial charge >= 0.3 is 12.0 Å². The number of thiazole rings is 1. The van der Waals surface area contributed by atoms with E-state index in [1.807, 2.05) is 12.3 Å². The average Bonchev–Trinajstić information content (AvgIpc) is 3.40. The highest BCUT2D eigenvalue weighted by Gasteiger charge is 2.27. The Hall–Kier alpha value is -2.99. The van der Waals surface area contributed by atoms with E-state index >= 15 is 0 Å². The molecule has 1 unspecified atom stereocenters. The van der Waals surface area contributed by atoms with E-state index in [0.29, 0.717) is 9.24 Å². The number of nitrogens with zero attached hydrogens (tertiary/aromatic N) is 2. The van der Waals surface area contributed by atoms with Crippen LogP contribution in [0, 0.1) is 17.0 Å². The molecule has 0 aliphatic heterocycles. The second kappa shape index (κ2) is 9.22. The summed E-state index contributed by atoms with van der Waals surface area (Å²) in [6.07, 6.45) is 0.469. The first-order chi connectivity index (χ1) is 14.2. The van der Waals surface area contributed by atoms with E-state index in [9.17, 15) is 24.5 Å². The van der Waals surface area contributed by atoms with Crippen LogP contribution >= 0.6 is 23.1 Å². The van der Waals surface area contributed by atoms with Crippen LogP contribution in [0.5, 0.6) is 0 Å². The first-order valence-electron chi connectivity index (χ1n) is 8.93. The van der Waals surface area contributed by atoms with Crippen molar-refractivity contribution in [2.24, 2.45) is 0 Å². The molecule has 10 nitrogen and oxygen atoms in total. The number of nitro groups is 1. The molecule has 12 heteroatoms. The van der Waals surface area contributed by atoms with Crippen molar-refractivity contribution < 1.29 is 24.0 Å². The van der Waals surface area contributed by atoms with E-state index < -0.39 is 28.9 Å². The van der Waals surface area contributed by atoms with Gasteiger partial charge in [-0.05, 0) is 38.8 Å². The summed E-state index contributed by atoms with van der Waals surface area (Å²) in [7, 11) is 0. The summed E-state index contributed by atoms with van der Waals surface area (Å²) in [5.41, 5.74) is 0.454. The Morgan fingerprint density at radius 2 is 2.10 bits per heavy atom. The molecule has 2 aromatic rings. The number of imide groups is 1. The molecule has 1 aliphatic carbocycles. The third kappa shape index (κ3) is 5.76. The number of hydrogen-bond donors (Lipinski definition) is 2. The molecule has 1 aliphatic rings. The predicted molar refractivity (Wildman–Crippen MR) is 109 cm³/mol.